The smallest absolute Gasteiger partial charge is 0.387 e. The number of methoxy groups -OCH3 is 1. The molecule has 0 radical (unpaired) electrons. The van der Waals surface area contributed by atoms with Crippen molar-refractivity contribution in [2.75, 3.05) is 20.2 Å². The molecule has 24 heavy (non-hydrogen) atoms. The van der Waals surface area contributed by atoms with Gasteiger partial charge in [-0.2, -0.15) is 8.78 Å². The van der Waals surface area contributed by atoms with Crippen LogP contribution in [0.3, 0.4) is 0 Å². The van der Waals surface area contributed by atoms with Gasteiger partial charge in [-0.1, -0.05) is 0 Å². The van der Waals surface area contributed by atoms with E-state index in [4.69, 9.17) is 4.74 Å². The Morgan fingerprint density at radius 2 is 2.21 bits per heavy atom. The lowest BCUT2D eigenvalue weighted by Crippen LogP contribution is -2.45. The van der Waals surface area contributed by atoms with Crippen LogP contribution in [0, 0.1) is 10.1 Å². The zero-order valence-corrected chi connectivity index (χ0v) is 12.9. The summed E-state index contributed by atoms with van der Waals surface area (Å²) in [5.41, 5.74) is -0.906. The van der Waals surface area contributed by atoms with E-state index in [9.17, 15) is 23.7 Å². The van der Waals surface area contributed by atoms with E-state index in [2.05, 4.69) is 15.4 Å². The van der Waals surface area contributed by atoms with E-state index in [0.717, 1.165) is 31.5 Å². The van der Waals surface area contributed by atoms with Crippen molar-refractivity contribution in [2.24, 2.45) is 0 Å². The molecule has 1 amide bonds. The van der Waals surface area contributed by atoms with Crippen LogP contribution in [0.2, 0.25) is 0 Å². The molecule has 10 heteroatoms. The predicted octanol–water partition coefficient (Wildman–Crippen LogP) is 1.69. The highest BCUT2D eigenvalue weighted by Gasteiger charge is 2.27. The molecule has 1 aromatic carbocycles. The number of alkyl halides is 2. The first-order valence-electron chi connectivity index (χ1n) is 7.25. The van der Waals surface area contributed by atoms with Crippen molar-refractivity contribution in [3.63, 3.8) is 0 Å². The fourth-order valence-corrected chi connectivity index (χ4v) is 2.47. The number of nitro groups is 1. The molecule has 0 spiro atoms. The van der Waals surface area contributed by atoms with Gasteiger partial charge in [-0.3, -0.25) is 14.9 Å². The fourth-order valence-electron chi connectivity index (χ4n) is 2.47. The lowest BCUT2D eigenvalue weighted by atomic mass is 10.1. The Morgan fingerprint density at radius 3 is 2.75 bits per heavy atom. The summed E-state index contributed by atoms with van der Waals surface area (Å²) in [6.07, 6.45) is 1.62. The van der Waals surface area contributed by atoms with Crippen LogP contribution in [-0.4, -0.2) is 43.7 Å². The first kappa shape index (κ1) is 17.9. The normalized spacial score (nSPS) is 17.4. The number of hydrogen-bond acceptors (Lipinski definition) is 6. The number of halogens is 2. The standard InChI is InChI=1S/C14H17F2N3O5/c1-23-11-5-9(13(20)18-8-3-2-4-17-7-8)10(19(21)22)6-12(11)24-14(15)16/h5-6,8,14,17H,2-4,7H2,1H3,(H,18,20)/t8-/m0/s1. The largest absolute Gasteiger partial charge is 0.493 e. The Morgan fingerprint density at radius 1 is 1.46 bits per heavy atom. The second kappa shape index (κ2) is 7.86. The minimum atomic E-state index is -3.17. The maximum Gasteiger partial charge on any atom is 0.387 e. The van der Waals surface area contributed by atoms with Crippen molar-refractivity contribution in [1.29, 1.82) is 0 Å². The zero-order valence-electron chi connectivity index (χ0n) is 12.9. The van der Waals surface area contributed by atoms with Gasteiger partial charge in [0.05, 0.1) is 18.1 Å². The Balaban J connectivity index is 2.32. The number of carbonyl (C=O) groups excluding carboxylic acids is 1. The van der Waals surface area contributed by atoms with Gasteiger partial charge in [0.15, 0.2) is 11.5 Å². The molecule has 2 N–H and O–H groups in total. The molecule has 8 nitrogen and oxygen atoms in total. The third-order valence-corrected chi connectivity index (χ3v) is 3.57. The summed E-state index contributed by atoms with van der Waals surface area (Å²) in [6, 6.07) is 1.63. The topological polar surface area (TPSA) is 103 Å². The second-order valence-corrected chi connectivity index (χ2v) is 5.17. The number of carbonyl (C=O) groups is 1. The molecular formula is C14H17F2N3O5. The predicted molar refractivity (Wildman–Crippen MR) is 79.6 cm³/mol. The SMILES string of the molecule is COc1cc(C(=O)N[C@H]2CCCNC2)c([N+](=O)[O-])cc1OC(F)F. The molecule has 0 aromatic heterocycles. The number of hydrogen-bond donors (Lipinski definition) is 2. The van der Waals surface area contributed by atoms with Gasteiger partial charge >= 0.3 is 6.61 Å². The van der Waals surface area contributed by atoms with Crippen molar-refractivity contribution in [3.05, 3.63) is 27.8 Å². The zero-order chi connectivity index (χ0) is 17.7. The van der Waals surface area contributed by atoms with E-state index in [1.165, 1.54) is 7.11 Å². The van der Waals surface area contributed by atoms with E-state index in [1.807, 2.05) is 0 Å². The van der Waals surface area contributed by atoms with Gasteiger partial charge in [0, 0.05) is 18.7 Å². The first-order valence-corrected chi connectivity index (χ1v) is 7.25. The highest BCUT2D eigenvalue weighted by Crippen LogP contribution is 2.35. The van der Waals surface area contributed by atoms with Crippen molar-refractivity contribution >= 4 is 11.6 Å². The van der Waals surface area contributed by atoms with E-state index in [-0.39, 0.29) is 17.4 Å². The summed E-state index contributed by atoms with van der Waals surface area (Å²) in [5.74, 6) is -1.36. The van der Waals surface area contributed by atoms with Crippen LogP contribution in [0.1, 0.15) is 23.2 Å². The van der Waals surface area contributed by atoms with E-state index in [1.54, 1.807) is 0 Å². The molecule has 1 saturated heterocycles. The van der Waals surface area contributed by atoms with Crippen molar-refractivity contribution in [1.82, 2.24) is 10.6 Å². The van der Waals surface area contributed by atoms with E-state index in [0.29, 0.717) is 6.54 Å². The molecule has 2 rings (SSSR count). The van der Waals surface area contributed by atoms with Crippen LogP contribution in [0.4, 0.5) is 14.5 Å². The summed E-state index contributed by atoms with van der Waals surface area (Å²) in [7, 11) is 1.19. The molecule has 1 aliphatic rings. The molecular weight excluding hydrogens is 328 g/mol. The van der Waals surface area contributed by atoms with Gasteiger partial charge in [0.25, 0.3) is 11.6 Å². The van der Waals surface area contributed by atoms with Crippen molar-refractivity contribution in [2.45, 2.75) is 25.5 Å². The summed E-state index contributed by atoms with van der Waals surface area (Å²) in [5, 5.41) is 17.0. The Labute approximate surface area is 136 Å². The maximum atomic E-state index is 12.4. The first-order chi connectivity index (χ1) is 11.4. The molecule has 0 unspecified atom stereocenters. The lowest BCUT2D eigenvalue weighted by Gasteiger charge is -2.23. The summed E-state index contributed by atoms with van der Waals surface area (Å²) in [4.78, 5) is 22.7. The number of rotatable bonds is 6. The monoisotopic (exact) mass is 345 g/mol. The summed E-state index contributed by atoms with van der Waals surface area (Å²) < 4.78 is 33.9. The molecule has 0 saturated carbocycles. The minimum absolute atomic E-state index is 0.158. The van der Waals surface area contributed by atoms with Crippen LogP contribution in [0.15, 0.2) is 12.1 Å². The lowest BCUT2D eigenvalue weighted by molar-refractivity contribution is -0.385. The molecule has 1 atom stereocenters. The van der Waals surface area contributed by atoms with Crippen LogP contribution in [0.5, 0.6) is 11.5 Å². The molecule has 1 aromatic rings. The summed E-state index contributed by atoms with van der Waals surface area (Å²) in [6.45, 7) is -1.77. The van der Waals surface area contributed by atoms with Crippen molar-refractivity contribution in [3.8, 4) is 11.5 Å². The summed E-state index contributed by atoms with van der Waals surface area (Å²) >= 11 is 0. The van der Waals surface area contributed by atoms with Crippen LogP contribution in [0.25, 0.3) is 0 Å². The number of nitro benzene ring substituents is 1. The number of benzene rings is 1. The van der Waals surface area contributed by atoms with Crippen LogP contribution in [-0.2, 0) is 0 Å². The van der Waals surface area contributed by atoms with E-state index < -0.39 is 28.9 Å². The molecule has 0 aliphatic carbocycles. The van der Waals surface area contributed by atoms with Gasteiger partial charge < -0.3 is 20.1 Å². The third-order valence-electron chi connectivity index (χ3n) is 3.57. The third kappa shape index (κ3) is 4.28. The minimum Gasteiger partial charge on any atom is -0.493 e. The Hall–Kier alpha value is -2.49. The van der Waals surface area contributed by atoms with Crippen molar-refractivity contribution < 1.29 is 28.0 Å². The maximum absolute atomic E-state index is 12.4. The Bertz CT molecular complexity index is 621. The average molecular weight is 345 g/mol. The Kier molecular flexibility index (Phi) is 5.85. The van der Waals surface area contributed by atoms with Crippen LogP contribution < -0.4 is 20.1 Å². The quantitative estimate of drug-likeness (QED) is 0.601. The molecule has 1 aliphatic heterocycles. The van der Waals surface area contributed by atoms with E-state index >= 15 is 0 Å². The highest BCUT2D eigenvalue weighted by atomic mass is 19.3. The van der Waals surface area contributed by atoms with Gasteiger partial charge in [-0.05, 0) is 19.4 Å². The number of piperidine rings is 1. The molecule has 1 fully saturated rings. The number of nitrogens with zero attached hydrogens (tertiary/aromatic N) is 1. The van der Waals surface area contributed by atoms with Crippen LogP contribution >= 0.6 is 0 Å². The number of amides is 1. The average Bonchev–Trinajstić information content (AvgIpc) is 2.54. The number of nitrogens with one attached hydrogen (secondary N) is 2. The fraction of sp³-hybridized carbons (Fsp3) is 0.500. The highest BCUT2D eigenvalue weighted by molar-refractivity contribution is 5.99. The van der Waals surface area contributed by atoms with Gasteiger partial charge in [0.1, 0.15) is 5.56 Å². The second-order valence-electron chi connectivity index (χ2n) is 5.17. The molecule has 0 bridgehead atoms. The number of ether oxygens (including phenoxy) is 2. The molecule has 1 heterocycles. The van der Waals surface area contributed by atoms with Gasteiger partial charge in [-0.25, -0.2) is 0 Å². The molecule has 132 valence electrons. The van der Waals surface area contributed by atoms with Gasteiger partial charge in [0.2, 0.25) is 0 Å². The van der Waals surface area contributed by atoms with Gasteiger partial charge in [-0.15, -0.1) is 0 Å².